The molecule has 7 nitrogen and oxygen atoms in total. The summed E-state index contributed by atoms with van der Waals surface area (Å²) in [7, 11) is -3.66. The minimum absolute atomic E-state index is 0.263. The molecule has 0 unspecified atom stereocenters. The van der Waals surface area contributed by atoms with Gasteiger partial charge in [0.05, 0.1) is 5.69 Å². The number of hydrogen-bond donors (Lipinski definition) is 1. The van der Waals surface area contributed by atoms with E-state index >= 15 is 0 Å². The Kier molecular flexibility index (Phi) is 7.42. The summed E-state index contributed by atoms with van der Waals surface area (Å²) >= 11 is 0. The van der Waals surface area contributed by atoms with Crippen LogP contribution in [0.5, 0.6) is 0 Å². The molecule has 0 aliphatic carbocycles. The molecule has 0 atom stereocenters. The minimum atomic E-state index is -3.66. The summed E-state index contributed by atoms with van der Waals surface area (Å²) in [5.41, 5.74) is 2.00. The lowest BCUT2D eigenvalue weighted by Crippen LogP contribution is -2.38. The van der Waals surface area contributed by atoms with E-state index in [0.29, 0.717) is 31.6 Å². The number of pyridine rings is 1. The lowest BCUT2D eigenvalue weighted by Gasteiger charge is -2.33. The van der Waals surface area contributed by atoms with Crippen molar-refractivity contribution in [1.82, 2.24) is 14.6 Å². The van der Waals surface area contributed by atoms with Crippen molar-refractivity contribution < 1.29 is 13.2 Å². The average molecular weight is 457 g/mol. The maximum Gasteiger partial charge on any atom is 0.251 e. The zero-order chi connectivity index (χ0) is 22.4. The third-order valence-corrected chi connectivity index (χ3v) is 8.17. The number of carbonyl (C=O) groups is 1. The number of aromatic nitrogens is 1. The molecule has 1 aromatic carbocycles. The first-order valence-corrected chi connectivity index (χ1v) is 13.1. The average Bonchev–Trinajstić information content (AvgIpc) is 2.85. The van der Waals surface area contributed by atoms with Crippen molar-refractivity contribution in [3.05, 3.63) is 53.9 Å². The van der Waals surface area contributed by atoms with E-state index in [4.69, 9.17) is 0 Å². The van der Waals surface area contributed by atoms with Gasteiger partial charge in [0.15, 0.2) is 0 Å². The number of nitrogens with one attached hydrogen (secondary N) is 1. The lowest BCUT2D eigenvalue weighted by molar-refractivity contribution is 0.0954. The van der Waals surface area contributed by atoms with Gasteiger partial charge < -0.3 is 10.2 Å². The molecule has 2 aliphatic rings. The highest BCUT2D eigenvalue weighted by molar-refractivity contribution is 7.89. The third-order valence-electron chi connectivity index (χ3n) is 6.24. The topological polar surface area (TPSA) is 82.6 Å². The first-order valence-electron chi connectivity index (χ1n) is 11.6. The molecule has 2 aliphatic heterocycles. The van der Waals surface area contributed by atoms with Gasteiger partial charge in [-0.1, -0.05) is 12.5 Å². The predicted molar refractivity (Wildman–Crippen MR) is 125 cm³/mol. The van der Waals surface area contributed by atoms with E-state index in [9.17, 15) is 13.2 Å². The molecule has 172 valence electrons. The number of piperidine rings is 2. The fourth-order valence-corrected chi connectivity index (χ4v) is 6.21. The highest BCUT2D eigenvalue weighted by Gasteiger charge is 2.31. The molecule has 8 heteroatoms. The van der Waals surface area contributed by atoms with Gasteiger partial charge in [0.25, 0.3) is 5.91 Å². The summed E-state index contributed by atoms with van der Waals surface area (Å²) in [6.07, 6.45) is 8.45. The van der Waals surface area contributed by atoms with Gasteiger partial charge in [-0.2, -0.15) is 4.31 Å². The zero-order valence-corrected chi connectivity index (χ0v) is 19.3. The second-order valence-corrected chi connectivity index (χ2v) is 10.4. The Morgan fingerprint density at radius 3 is 2.34 bits per heavy atom. The van der Waals surface area contributed by atoms with Gasteiger partial charge in [-0.3, -0.25) is 9.78 Å². The van der Waals surface area contributed by atoms with Crippen LogP contribution in [0.4, 0.5) is 5.69 Å². The Labute approximate surface area is 190 Å². The molecule has 2 saturated heterocycles. The van der Waals surface area contributed by atoms with Crippen LogP contribution in [0.2, 0.25) is 0 Å². The lowest BCUT2D eigenvalue weighted by atomic mass is 10.1. The highest BCUT2D eigenvalue weighted by atomic mass is 32.2. The van der Waals surface area contributed by atoms with Crippen LogP contribution in [-0.2, 0) is 16.4 Å². The number of anilines is 1. The first-order chi connectivity index (χ1) is 15.6. The van der Waals surface area contributed by atoms with Crippen LogP contribution in [0.15, 0.2) is 47.5 Å². The van der Waals surface area contributed by atoms with Gasteiger partial charge in [0.2, 0.25) is 10.0 Å². The molecular formula is C24H32N4O3S. The molecule has 32 heavy (non-hydrogen) atoms. The zero-order valence-electron chi connectivity index (χ0n) is 18.5. The number of sulfonamides is 1. The van der Waals surface area contributed by atoms with Crippen LogP contribution < -0.4 is 10.2 Å². The Hall–Kier alpha value is -2.45. The van der Waals surface area contributed by atoms with Gasteiger partial charge in [-0.15, -0.1) is 0 Å². The summed E-state index contributed by atoms with van der Waals surface area (Å²) in [4.78, 5) is 19.5. The largest absolute Gasteiger partial charge is 0.370 e. The number of rotatable bonds is 7. The van der Waals surface area contributed by atoms with Crippen molar-refractivity contribution >= 4 is 21.6 Å². The van der Waals surface area contributed by atoms with Crippen LogP contribution in [0, 0.1) is 0 Å². The van der Waals surface area contributed by atoms with E-state index in [2.05, 4.69) is 15.2 Å². The minimum Gasteiger partial charge on any atom is -0.370 e. The molecule has 4 rings (SSSR count). The normalized spacial score (nSPS) is 17.8. The smallest absolute Gasteiger partial charge is 0.251 e. The van der Waals surface area contributed by atoms with E-state index < -0.39 is 10.0 Å². The van der Waals surface area contributed by atoms with Crippen molar-refractivity contribution in [2.24, 2.45) is 0 Å². The van der Waals surface area contributed by atoms with Crippen LogP contribution in [0.3, 0.4) is 0 Å². The second kappa shape index (κ2) is 10.4. The van der Waals surface area contributed by atoms with E-state index in [1.54, 1.807) is 22.6 Å². The SMILES string of the molecule is O=C(NCCc1ccccn1)c1ccc(N2CCCCC2)c(S(=O)(=O)N2CCCCC2)c1. The van der Waals surface area contributed by atoms with E-state index in [-0.39, 0.29) is 10.8 Å². The molecule has 0 radical (unpaired) electrons. The molecule has 1 aromatic heterocycles. The summed E-state index contributed by atoms with van der Waals surface area (Å²) in [6, 6.07) is 10.8. The molecule has 0 spiro atoms. The van der Waals surface area contributed by atoms with Crippen molar-refractivity contribution in [3.8, 4) is 0 Å². The predicted octanol–water partition coefficient (Wildman–Crippen LogP) is 3.22. The molecular weight excluding hydrogens is 424 g/mol. The Bertz CT molecular complexity index is 1010. The van der Waals surface area contributed by atoms with Gasteiger partial charge in [0.1, 0.15) is 4.90 Å². The first kappa shape index (κ1) is 22.7. The monoisotopic (exact) mass is 456 g/mol. The fourth-order valence-electron chi connectivity index (χ4n) is 4.45. The van der Waals surface area contributed by atoms with Crippen LogP contribution >= 0.6 is 0 Å². The van der Waals surface area contributed by atoms with Crippen molar-refractivity contribution in [1.29, 1.82) is 0 Å². The maximum absolute atomic E-state index is 13.6. The molecule has 2 fully saturated rings. The molecule has 0 saturated carbocycles. The number of benzene rings is 1. The summed E-state index contributed by atoms with van der Waals surface area (Å²) in [6.45, 7) is 3.22. The van der Waals surface area contributed by atoms with Crippen LogP contribution in [0.1, 0.15) is 54.6 Å². The Balaban J connectivity index is 1.57. The van der Waals surface area contributed by atoms with Gasteiger partial charge in [0, 0.05) is 56.6 Å². The van der Waals surface area contributed by atoms with Gasteiger partial charge in [-0.05, 0) is 62.4 Å². The standard InChI is InChI=1S/C24H32N4O3S/c29-24(26-14-12-21-9-3-4-13-25-21)20-10-11-22(27-15-5-1-6-16-27)23(19-20)32(30,31)28-17-7-2-8-18-28/h3-4,9-11,13,19H,1-2,5-8,12,14-18H2,(H,26,29). The molecule has 3 heterocycles. The van der Waals surface area contributed by atoms with E-state index in [1.807, 2.05) is 24.3 Å². The van der Waals surface area contributed by atoms with Crippen molar-refractivity contribution in [2.75, 3.05) is 37.6 Å². The molecule has 0 bridgehead atoms. The number of carbonyl (C=O) groups excluding carboxylic acids is 1. The number of hydrogen-bond acceptors (Lipinski definition) is 5. The second-order valence-electron chi connectivity index (χ2n) is 8.52. The van der Waals surface area contributed by atoms with Crippen LogP contribution in [-0.4, -0.2) is 56.3 Å². The van der Waals surface area contributed by atoms with Crippen LogP contribution in [0.25, 0.3) is 0 Å². The molecule has 1 N–H and O–H groups in total. The summed E-state index contributed by atoms with van der Waals surface area (Å²) in [5, 5.41) is 2.90. The van der Waals surface area contributed by atoms with Crippen molar-refractivity contribution in [2.45, 2.75) is 49.8 Å². The number of amides is 1. The van der Waals surface area contributed by atoms with Gasteiger partial charge in [-0.25, -0.2) is 8.42 Å². The Morgan fingerprint density at radius 2 is 1.66 bits per heavy atom. The quantitative estimate of drug-likeness (QED) is 0.692. The summed E-state index contributed by atoms with van der Waals surface area (Å²) in [5.74, 6) is -0.263. The van der Waals surface area contributed by atoms with E-state index in [0.717, 1.165) is 56.6 Å². The number of nitrogens with zero attached hydrogens (tertiary/aromatic N) is 3. The van der Waals surface area contributed by atoms with Gasteiger partial charge >= 0.3 is 0 Å². The Morgan fingerprint density at radius 1 is 0.938 bits per heavy atom. The highest BCUT2D eigenvalue weighted by Crippen LogP contribution is 2.32. The molecule has 1 amide bonds. The third kappa shape index (κ3) is 5.30. The fraction of sp³-hybridized carbons (Fsp3) is 0.500. The molecule has 2 aromatic rings. The maximum atomic E-state index is 13.6. The van der Waals surface area contributed by atoms with Crippen molar-refractivity contribution in [3.63, 3.8) is 0 Å². The van der Waals surface area contributed by atoms with E-state index in [1.165, 1.54) is 6.42 Å². The summed E-state index contributed by atoms with van der Waals surface area (Å²) < 4.78 is 28.8.